The number of nitrogens with zero attached hydrogens (tertiary/aromatic N) is 2. The van der Waals surface area contributed by atoms with Gasteiger partial charge in [-0.25, -0.2) is 4.98 Å². The van der Waals surface area contributed by atoms with Gasteiger partial charge in [-0.2, -0.15) is 0 Å². The largest absolute Gasteiger partial charge is 0.357 e. The van der Waals surface area contributed by atoms with Crippen LogP contribution in [0.5, 0.6) is 0 Å². The maximum atomic E-state index is 11.6. The van der Waals surface area contributed by atoms with Crippen molar-refractivity contribution in [3.8, 4) is 0 Å². The first kappa shape index (κ1) is 17.9. The predicted molar refractivity (Wildman–Crippen MR) is 102 cm³/mol. The monoisotopic (exact) mass is 349 g/mol. The van der Waals surface area contributed by atoms with Gasteiger partial charge in [0.2, 0.25) is 5.91 Å². The maximum Gasteiger partial charge on any atom is 0.245 e. The van der Waals surface area contributed by atoms with Crippen LogP contribution in [-0.4, -0.2) is 34.8 Å². The van der Waals surface area contributed by atoms with Crippen LogP contribution in [0.25, 0.3) is 10.2 Å². The number of aliphatic imine (C=N–C) groups is 1. The van der Waals surface area contributed by atoms with E-state index in [4.69, 9.17) is 0 Å². The highest BCUT2D eigenvalue weighted by Gasteiger charge is 2.26. The Balaban J connectivity index is 0.000000924. The fourth-order valence-electron chi connectivity index (χ4n) is 2.18. The van der Waals surface area contributed by atoms with Gasteiger partial charge >= 0.3 is 0 Å². The molecule has 3 rings (SSSR count). The molecule has 1 unspecified atom stereocenters. The number of thiazole rings is 1. The fraction of sp³-hybridized carbons (Fsp3) is 0.471. The average Bonchev–Trinajstić information content (AvgIpc) is 3.21. The highest BCUT2D eigenvalue weighted by Crippen LogP contribution is 2.31. The molecule has 0 bridgehead atoms. The van der Waals surface area contributed by atoms with Gasteiger partial charge < -0.3 is 5.32 Å². The van der Waals surface area contributed by atoms with Gasteiger partial charge in [-0.05, 0) is 23.6 Å². The zero-order valence-corrected chi connectivity index (χ0v) is 15.8. The van der Waals surface area contributed by atoms with Crippen LogP contribution >= 0.6 is 23.1 Å². The van der Waals surface area contributed by atoms with E-state index in [0.717, 1.165) is 15.6 Å². The lowest BCUT2D eigenvalue weighted by Gasteiger charge is -2.03. The number of amides is 1. The van der Waals surface area contributed by atoms with Crippen LogP contribution < -0.4 is 5.32 Å². The molecule has 2 aromatic rings. The molecule has 1 aromatic heterocycles. The van der Waals surface area contributed by atoms with E-state index in [-0.39, 0.29) is 11.9 Å². The number of nitrogens with one attached hydrogen (secondary N) is 1. The van der Waals surface area contributed by atoms with Gasteiger partial charge in [0.1, 0.15) is 16.1 Å². The lowest BCUT2D eigenvalue weighted by atomic mass is 10.0. The summed E-state index contributed by atoms with van der Waals surface area (Å²) < 4.78 is 1.18. The highest BCUT2D eigenvalue weighted by molar-refractivity contribution is 8.15. The van der Waals surface area contributed by atoms with Gasteiger partial charge in [0.05, 0.1) is 10.2 Å². The minimum absolute atomic E-state index is 0.0271. The Labute approximate surface area is 145 Å². The first-order chi connectivity index (χ1) is 11.1. The molecule has 0 saturated carbocycles. The number of carbonyl (C=O) groups excluding carboxylic acids is 1. The summed E-state index contributed by atoms with van der Waals surface area (Å²) in [4.78, 5) is 20.8. The smallest absolute Gasteiger partial charge is 0.245 e. The van der Waals surface area contributed by atoms with Crippen molar-refractivity contribution < 1.29 is 4.79 Å². The minimum Gasteiger partial charge on any atom is -0.357 e. The van der Waals surface area contributed by atoms with Crippen molar-refractivity contribution in [1.29, 1.82) is 0 Å². The molecule has 0 aliphatic carbocycles. The van der Waals surface area contributed by atoms with E-state index in [2.05, 4.69) is 47.3 Å². The molecular formula is C17H23N3OS2. The molecule has 4 nitrogen and oxygen atoms in total. The molecule has 1 aliphatic rings. The first-order valence-electron chi connectivity index (χ1n) is 7.91. The minimum atomic E-state index is -0.284. The number of carbonyl (C=O) groups is 1. The molecule has 2 heterocycles. The molecule has 6 heteroatoms. The molecule has 0 fully saturated rings. The second kappa shape index (κ2) is 7.93. The SMILES string of the molecule is CC.CNC(=O)C1CSC(c2nc3ccc(C(C)C)cc3s2)=N1. The van der Waals surface area contributed by atoms with Crippen LogP contribution in [0.15, 0.2) is 23.2 Å². The topological polar surface area (TPSA) is 54.4 Å². The summed E-state index contributed by atoms with van der Waals surface area (Å²) in [5.41, 5.74) is 2.33. The average molecular weight is 350 g/mol. The highest BCUT2D eigenvalue weighted by atomic mass is 32.2. The van der Waals surface area contributed by atoms with E-state index in [9.17, 15) is 4.79 Å². The molecule has 1 amide bonds. The van der Waals surface area contributed by atoms with E-state index < -0.39 is 0 Å². The van der Waals surface area contributed by atoms with Crippen molar-refractivity contribution in [3.05, 3.63) is 28.8 Å². The number of rotatable bonds is 3. The van der Waals surface area contributed by atoms with Crippen molar-refractivity contribution in [2.75, 3.05) is 12.8 Å². The van der Waals surface area contributed by atoms with Crippen LogP contribution in [-0.2, 0) is 4.79 Å². The summed E-state index contributed by atoms with van der Waals surface area (Å²) in [6.07, 6.45) is 0. The summed E-state index contributed by atoms with van der Waals surface area (Å²) in [5.74, 6) is 1.18. The van der Waals surface area contributed by atoms with Crippen molar-refractivity contribution in [3.63, 3.8) is 0 Å². The molecule has 0 saturated heterocycles. The number of hydrogen-bond acceptors (Lipinski definition) is 5. The van der Waals surface area contributed by atoms with Gasteiger partial charge in [0.15, 0.2) is 0 Å². The number of fused-ring (bicyclic) bond motifs is 1. The molecule has 0 radical (unpaired) electrons. The Morgan fingerprint density at radius 3 is 2.74 bits per heavy atom. The molecule has 1 atom stereocenters. The van der Waals surface area contributed by atoms with Gasteiger partial charge in [-0.15, -0.1) is 23.1 Å². The molecule has 23 heavy (non-hydrogen) atoms. The Morgan fingerprint density at radius 2 is 2.09 bits per heavy atom. The van der Waals surface area contributed by atoms with Gasteiger partial charge in [0.25, 0.3) is 0 Å². The third-order valence-corrected chi connectivity index (χ3v) is 5.67. The van der Waals surface area contributed by atoms with E-state index in [1.165, 1.54) is 10.3 Å². The Morgan fingerprint density at radius 1 is 1.35 bits per heavy atom. The molecule has 1 aliphatic heterocycles. The molecule has 1 N–H and O–H groups in total. The van der Waals surface area contributed by atoms with Gasteiger partial charge in [0, 0.05) is 12.8 Å². The summed E-state index contributed by atoms with van der Waals surface area (Å²) in [6.45, 7) is 8.38. The second-order valence-electron chi connectivity index (χ2n) is 5.28. The lowest BCUT2D eigenvalue weighted by molar-refractivity contribution is -0.121. The van der Waals surface area contributed by atoms with Gasteiger partial charge in [-0.3, -0.25) is 9.79 Å². The summed E-state index contributed by atoms with van der Waals surface area (Å²) in [7, 11) is 1.64. The maximum absolute atomic E-state index is 11.6. The standard InChI is InChI=1S/C15H17N3OS2.C2H6/c1-8(2)9-4-5-10-12(6-9)21-15(17-10)14-18-11(7-20-14)13(19)16-3;1-2/h4-6,8,11H,7H2,1-3H3,(H,16,19);1-2H3. The van der Waals surface area contributed by atoms with E-state index >= 15 is 0 Å². The third kappa shape index (κ3) is 3.93. The van der Waals surface area contributed by atoms with Crippen LogP contribution in [0.2, 0.25) is 0 Å². The van der Waals surface area contributed by atoms with Crippen LogP contribution in [0.1, 0.15) is 44.2 Å². The molecular weight excluding hydrogens is 326 g/mol. The van der Waals surface area contributed by atoms with Crippen molar-refractivity contribution in [2.24, 2.45) is 4.99 Å². The number of benzene rings is 1. The number of likely N-dealkylation sites (N-methyl/N-ethyl adjacent to an activating group) is 1. The number of hydrogen-bond donors (Lipinski definition) is 1. The van der Waals surface area contributed by atoms with Gasteiger partial charge in [-0.1, -0.05) is 33.8 Å². The summed E-state index contributed by atoms with van der Waals surface area (Å²) in [6, 6.07) is 6.12. The van der Waals surface area contributed by atoms with Crippen molar-refractivity contribution >= 4 is 44.3 Å². The zero-order valence-electron chi connectivity index (χ0n) is 14.2. The van der Waals surface area contributed by atoms with E-state index in [0.29, 0.717) is 11.7 Å². The molecule has 0 spiro atoms. The Bertz CT molecular complexity index is 722. The van der Waals surface area contributed by atoms with Crippen molar-refractivity contribution in [2.45, 2.75) is 39.7 Å². The lowest BCUT2D eigenvalue weighted by Crippen LogP contribution is -2.30. The normalized spacial score (nSPS) is 17.0. The van der Waals surface area contributed by atoms with Crippen LogP contribution in [0, 0.1) is 0 Å². The summed E-state index contributed by atoms with van der Waals surface area (Å²) in [5, 5.41) is 4.45. The Hall–Kier alpha value is -1.40. The van der Waals surface area contributed by atoms with Crippen LogP contribution in [0.4, 0.5) is 0 Å². The number of thioether (sulfide) groups is 1. The van der Waals surface area contributed by atoms with Crippen LogP contribution in [0.3, 0.4) is 0 Å². The quantitative estimate of drug-likeness (QED) is 0.909. The molecule has 1 aromatic carbocycles. The third-order valence-electron chi connectivity index (χ3n) is 3.46. The molecule has 124 valence electrons. The van der Waals surface area contributed by atoms with E-state index in [1.807, 2.05) is 13.8 Å². The van der Waals surface area contributed by atoms with E-state index in [1.54, 1.807) is 30.1 Å². The zero-order chi connectivity index (χ0) is 17.0. The summed E-state index contributed by atoms with van der Waals surface area (Å²) >= 11 is 3.26. The fourth-order valence-corrected chi connectivity index (χ4v) is 4.30. The first-order valence-corrected chi connectivity index (χ1v) is 9.71. The second-order valence-corrected chi connectivity index (χ2v) is 7.32. The Kier molecular flexibility index (Phi) is 6.18. The number of aromatic nitrogens is 1. The predicted octanol–water partition coefficient (Wildman–Crippen LogP) is 4.05. The van der Waals surface area contributed by atoms with Crippen molar-refractivity contribution in [1.82, 2.24) is 10.3 Å².